The summed E-state index contributed by atoms with van der Waals surface area (Å²) in [6.45, 7) is 8.60. The van der Waals surface area contributed by atoms with Crippen molar-refractivity contribution in [2.24, 2.45) is 0 Å². The van der Waals surface area contributed by atoms with Gasteiger partial charge in [-0.1, -0.05) is 51.5 Å². The molecule has 0 aliphatic heterocycles. The monoisotopic (exact) mass is 392 g/mol. The third kappa shape index (κ3) is 5.47. The van der Waals surface area contributed by atoms with Gasteiger partial charge in [0.15, 0.2) is 0 Å². The van der Waals surface area contributed by atoms with Gasteiger partial charge in [0.2, 0.25) is 5.95 Å². The van der Waals surface area contributed by atoms with Gasteiger partial charge >= 0.3 is 6.18 Å². The van der Waals surface area contributed by atoms with E-state index in [0.717, 1.165) is 42.8 Å². The summed E-state index contributed by atoms with van der Waals surface area (Å²) < 4.78 is 38.3. The maximum atomic E-state index is 12.8. The first kappa shape index (κ1) is 21.7. The van der Waals surface area contributed by atoms with Gasteiger partial charge in [0.05, 0.1) is 11.3 Å². The Hall–Kier alpha value is -2.57. The fourth-order valence-corrected chi connectivity index (χ4v) is 2.74. The molecule has 2 aromatic rings. The molecule has 0 radical (unpaired) electrons. The Kier molecular flexibility index (Phi) is 6.69. The van der Waals surface area contributed by atoms with Crippen LogP contribution >= 0.6 is 0 Å². The molecule has 0 fully saturated rings. The minimum Gasteiger partial charge on any atom is -0.383 e. The number of hydrogen-bond acceptors (Lipinski definition) is 4. The molecular weight excluding hydrogens is 365 g/mol. The first-order valence-electron chi connectivity index (χ1n) is 9.29. The number of unbranched alkanes of at least 4 members (excludes halogenated alkanes) is 1. The van der Waals surface area contributed by atoms with Gasteiger partial charge in [-0.2, -0.15) is 18.2 Å². The number of nitrogens with one attached hydrogen (secondary N) is 1. The molecule has 0 spiro atoms. The van der Waals surface area contributed by atoms with E-state index >= 15 is 0 Å². The molecule has 1 aromatic heterocycles. The number of aryl methyl sites for hydroxylation is 1. The Morgan fingerprint density at radius 1 is 1.07 bits per heavy atom. The van der Waals surface area contributed by atoms with E-state index in [1.165, 1.54) is 12.1 Å². The third-order valence-electron chi connectivity index (χ3n) is 4.60. The molecule has 0 saturated carbocycles. The largest absolute Gasteiger partial charge is 0.416 e. The number of hydrogen-bond donors (Lipinski definition) is 2. The molecular formula is C21H27F3N4. The SMILES string of the molecule is CCCCNc1nc(C)c(/C=C/C(C)(C)c2ccc(C(F)(F)F)cc2)c(N)n1. The molecule has 0 unspecified atom stereocenters. The lowest BCUT2D eigenvalue weighted by atomic mass is 9.83. The summed E-state index contributed by atoms with van der Waals surface area (Å²) in [4.78, 5) is 8.74. The maximum Gasteiger partial charge on any atom is 0.416 e. The molecule has 0 amide bonds. The van der Waals surface area contributed by atoms with E-state index in [-0.39, 0.29) is 0 Å². The molecule has 0 aliphatic carbocycles. The molecule has 0 saturated heterocycles. The summed E-state index contributed by atoms with van der Waals surface area (Å²) in [5.41, 5.74) is 7.17. The quantitative estimate of drug-likeness (QED) is 0.603. The molecule has 0 aliphatic rings. The van der Waals surface area contributed by atoms with Gasteiger partial charge in [-0.25, -0.2) is 4.98 Å². The number of allylic oxidation sites excluding steroid dienone is 1. The highest BCUT2D eigenvalue weighted by Gasteiger charge is 2.30. The van der Waals surface area contributed by atoms with Crippen molar-refractivity contribution in [3.05, 3.63) is 52.7 Å². The highest BCUT2D eigenvalue weighted by Crippen LogP contribution is 2.32. The van der Waals surface area contributed by atoms with Crippen LogP contribution in [0.1, 0.15) is 56.0 Å². The fraction of sp³-hybridized carbons (Fsp3) is 0.429. The van der Waals surface area contributed by atoms with Crippen LogP contribution in [0.3, 0.4) is 0 Å². The Morgan fingerprint density at radius 2 is 1.68 bits per heavy atom. The smallest absolute Gasteiger partial charge is 0.383 e. The summed E-state index contributed by atoms with van der Waals surface area (Å²) in [6, 6.07) is 5.20. The first-order chi connectivity index (χ1) is 13.0. The van der Waals surface area contributed by atoms with Crippen LogP contribution in [-0.2, 0) is 11.6 Å². The molecule has 0 bridgehead atoms. The number of halogens is 3. The number of nitrogen functional groups attached to an aromatic ring is 1. The second-order valence-corrected chi connectivity index (χ2v) is 7.34. The molecule has 3 N–H and O–H groups in total. The highest BCUT2D eigenvalue weighted by atomic mass is 19.4. The average molecular weight is 392 g/mol. The van der Waals surface area contributed by atoms with Gasteiger partial charge in [-0.05, 0) is 31.0 Å². The minimum atomic E-state index is -4.34. The van der Waals surface area contributed by atoms with Gasteiger partial charge in [-0.3, -0.25) is 0 Å². The summed E-state index contributed by atoms with van der Waals surface area (Å²) >= 11 is 0. The molecule has 1 heterocycles. The molecule has 7 heteroatoms. The van der Waals surface area contributed by atoms with Crippen LogP contribution in [-0.4, -0.2) is 16.5 Å². The third-order valence-corrected chi connectivity index (χ3v) is 4.60. The zero-order valence-electron chi connectivity index (χ0n) is 16.7. The number of aromatic nitrogens is 2. The number of alkyl halides is 3. The van der Waals surface area contributed by atoms with E-state index in [4.69, 9.17) is 5.73 Å². The average Bonchev–Trinajstić information content (AvgIpc) is 2.60. The van der Waals surface area contributed by atoms with Crippen LogP contribution in [0.25, 0.3) is 6.08 Å². The van der Waals surface area contributed by atoms with Crippen LogP contribution in [0.15, 0.2) is 30.3 Å². The van der Waals surface area contributed by atoms with Gasteiger partial charge in [0.25, 0.3) is 0 Å². The molecule has 28 heavy (non-hydrogen) atoms. The summed E-state index contributed by atoms with van der Waals surface area (Å²) in [7, 11) is 0. The molecule has 1 aromatic carbocycles. The number of nitrogens with two attached hydrogens (primary N) is 1. The van der Waals surface area contributed by atoms with E-state index in [1.54, 1.807) is 0 Å². The van der Waals surface area contributed by atoms with Gasteiger partial charge < -0.3 is 11.1 Å². The lowest BCUT2D eigenvalue weighted by molar-refractivity contribution is -0.137. The zero-order chi connectivity index (χ0) is 20.9. The van der Waals surface area contributed by atoms with Crippen LogP contribution in [0, 0.1) is 6.92 Å². The van der Waals surface area contributed by atoms with Crippen molar-refractivity contribution in [2.75, 3.05) is 17.6 Å². The number of anilines is 2. The van der Waals surface area contributed by atoms with E-state index in [9.17, 15) is 13.2 Å². The van der Waals surface area contributed by atoms with Crippen LogP contribution in [0.2, 0.25) is 0 Å². The standard InChI is InChI=1S/C21H27F3N4/c1-5-6-13-26-19-27-14(2)17(18(25)28-19)11-12-20(3,4)15-7-9-16(10-8-15)21(22,23)24/h7-12H,5-6,13H2,1-4H3,(H3,25,26,27,28)/b12-11+. The van der Waals surface area contributed by atoms with E-state index in [2.05, 4.69) is 22.2 Å². The molecule has 4 nitrogen and oxygen atoms in total. The second kappa shape index (κ2) is 8.63. The highest BCUT2D eigenvalue weighted by molar-refractivity contribution is 5.65. The van der Waals surface area contributed by atoms with Crippen molar-refractivity contribution in [1.29, 1.82) is 0 Å². The van der Waals surface area contributed by atoms with Crippen LogP contribution < -0.4 is 11.1 Å². The topological polar surface area (TPSA) is 63.8 Å². The van der Waals surface area contributed by atoms with E-state index in [0.29, 0.717) is 17.3 Å². The van der Waals surface area contributed by atoms with Crippen molar-refractivity contribution in [2.45, 2.75) is 52.1 Å². The van der Waals surface area contributed by atoms with Crippen molar-refractivity contribution in [3.8, 4) is 0 Å². The van der Waals surface area contributed by atoms with Crippen LogP contribution in [0.5, 0.6) is 0 Å². The predicted molar refractivity (Wildman–Crippen MR) is 108 cm³/mol. The van der Waals surface area contributed by atoms with E-state index < -0.39 is 17.2 Å². The first-order valence-corrected chi connectivity index (χ1v) is 9.29. The van der Waals surface area contributed by atoms with Crippen molar-refractivity contribution >= 4 is 17.8 Å². The van der Waals surface area contributed by atoms with Crippen molar-refractivity contribution in [1.82, 2.24) is 9.97 Å². The minimum absolute atomic E-state index is 0.367. The lowest BCUT2D eigenvalue weighted by Crippen LogP contribution is -2.14. The number of benzene rings is 1. The fourth-order valence-electron chi connectivity index (χ4n) is 2.74. The second-order valence-electron chi connectivity index (χ2n) is 7.34. The van der Waals surface area contributed by atoms with Crippen LogP contribution in [0.4, 0.5) is 24.9 Å². The zero-order valence-corrected chi connectivity index (χ0v) is 16.7. The Morgan fingerprint density at radius 3 is 2.21 bits per heavy atom. The molecule has 0 atom stereocenters. The summed E-state index contributed by atoms with van der Waals surface area (Å²) in [5, 5.41) is 3.15. The van der Waals surface area contributed by atoms with E-state index in [1.807, 2.05) is 32.9 Å². The van der Waals surface area contributed by atoms with Crippen molar-refractivity contribution in [3.63, 3.8) is 0 Å². The predicted octanol–water partition coefficient (Wildman–Crippen LogP) is 5.59. The normalized spacial score (nSPS) is 12.5. The molecule has 2 rings (SSSR count). The lowest BCUT2D eigenvalue weighted by Gasteiger charge is -2.22. The Balaban J connectivity index is 2.21. The van der Waals surface area contributed by atoms with Gasteiger partial charge in [-0.15, -0.1) is 0 Å². The molecule has 152 valence electrons. The van der Waals surface area contributed by atoms with Gasteiger partial charge in [0.1, 0.15) is 5.82 Å². The maximum absolute atomic E-state index is 12.8. The Labute approximate surface area is 164 Å². The van der Waals surface area contributed by atoms with Crippen molar-refractivity contribution < 1.29 is 13.2 Å². The summed E-state index contributed by atoms with van der Waals surface area (Å²) in [5.74, 6) is 0.869. The Bertz CT molecular complexity index is 802. The number of nitrogens with zero attached hydrogens (tertiary/aromatic N) is 2. The van der Waals surface area contributed by atoms with Gasteiger partial charge in [0, 0.05) is 17.5 Å². The number of rotatable bonds is 7. The summed E-state index contributed by atoms with van der Waals surface area (Å²) in [6.07, 6.45) is 1.49.